The summed E-state index contributed by atoms with van der Waals surface area (Å²) < 4.78 is 47.0. The van der Waals surface area contributed by atoms with E-state index in [2.05, 4.69) is 0 Å². The maximum Gasteiger partial charge on any atom is 0.410 e. The highest BCUT2D eigenvalue weighted by Crippen LogP contribution is 2.36. The SMILES string of the molecule is CC(C)(C)OC(=O)N1CC(c2cn(CC(=O)N3CCC[C@H]3C(F)(F)F)c3ccccc23)C1. The van der Waals surface area contributed by atoms with Crippen LogP contribution in [-0.2, 0) is 16.1 Å². The van der Waals surface area contributed by atoms with Crippen LogP contribution in [0.3, 0.4) is 0 Å². The molecule has 0 radical (unpaired) electrons. The summed E-state index contributed by atoms with van der Waals surface area (Å²) in [7, 11) is 0. The van der Waals surface area contributed by atoms with Gasteiger partial charge in [-0.05, 0) is 45.2 Å². The zero-order valence-electron chi connectivity index (χ0n) is 18.5. The monoisotopic (exact) mass is 451 g/mol. The van der Waals surface area contributed by atoms with Gasteiger partial charge in [0, 0.05) is 42.7 Å². The number of hydrogen-bond acceptors (Lipinski definition) is 3. The highest BCUT2D eigenvalue weighted by atomic mass is 19.4. The number of benzene rings is 1. The minimum Gasteiger partial charge on any atom is -0.444 e. The number of amides is 2. The molecule has 1 aromatic heterocycles. The minimum absolute atomic E-state index is 0.0461. The summed E-state index contributed by atoms with van der Waals surface area (Å²) in [6.07, 6.45) is -2.61. The molecule has 0 saturated carbocycles. The molecule has 9 heteroatoms. The van der Waals surface area contributed by atoms with Crippen LogP contribution in [0.2, 0.25) is 0 Å². The van der Waals surface area contributed by atoms with Crippen LogP contribution < -0.4 is 0 Å². The Morgan fingerprint density at radius 1 is 1.12 bits per heavy atom. The number of nitrogens with zero attached hydrogens (tertiary/aromatic N) is 3. The molecule has 174 valence electrons. The molecular formula is C23H28F3N3O3. The molecule has 1 atom stereocenters. The van der Waals surface area contributed by atoms with Crippen LogP contribution in [0, 0.1) is 0 Å². The van der Waals surface area contributed by atoms with Crippen LogP contribution in [0.15, 0.2) is 30.5 Å². The largest absolute Gasteiger partial charge is 0.444 e. The number of alkyl halides is 3. The number of ether oxygens (including phenoxy) is 1. The molecule has 0 unspecified atom stereocenters. The van der Waals surface area contributed by atoms with Crippen LogP contribution in [0.25, 0.3) is 10.9 Å². The van der Waals surface area contributed by atoms with E-state index in [1.54, 1.807) is 9.47 Å². The fourth-order valence-electron chi connectivity index (χ4n) is 4.52. The maximum absolute atomic E-state index is 13.3. The number of rotatable bonds is 3. The molecule has 1 aromatic carbocycles. The normalized spacial score (nSPS) is 20.0. The predicted octanol–water partition coefficient (Wildman–Crippen LogP) is 4.53. The van der Waals surface area contributed by atoms with E-state index < -0.39 is 23.7 Å². The maximum atomic E-state index is 13.3. The summed E-state index contributed by atoms with van der Waals surface area (Å²) >= 11 is 0. The molecule has 2 aliphatic rings. The molecule has 6 nitrogen and oxygen atoms in total. The number of carbonyl (C=O) groups is 2. The Morgan fingerprint density at radius 2 is 1.81 bits per heavy atom. The number of fused-ring (bicyclic) bond motifs is 1. The lowest BCUT2D eigenvalue weighted by atomic mass is 9.91. The van der Waals surface area contributed by atoms with Crippen molar-refractivity contribution in [2.75, 3.05) is 19.6 Å². The molecule has 2 aliphatic heterocycles. The Balaban J connectivity index is 1.51. The molecule has 0 aliphatic carbocycles. The van der Waals surface area contributed by atoms with Gasteiger partial charge >= 0.3 is 12.3 Å². The lowest BCUT2D eigenvalue weighted by Gasteiger charge is -2.39. The summed E-state index contributed by atoms with van der Waals surface area (Å²) in [6.45, 7) is 6.43. The molecule has 2 fully saturated rings. The van der Waals surface area contributed by atoms with Gasteiger partial charge in [0.1, 0.15) is 18.2 Å². The van der Waals surface area contributed by atoms with Gasteiger partial charge in [-0.25, -0.2) is 4.79 Å². The van der Waals surface area contributed by atoms with E-state index in [0.29, 0.717) is 19.5 Å². The van der Waals surface area contributed by atoms with E-state index in [-0.39, 0.29) is 31.5 Å². The molecule has 2 amide bonds. The molecule has 0 bridgehead atoms. The third kappa shape index (κ3) is 4.42. The molecule has 0 spiro atoms. The average Bonchev–Trinajstić information content (AvgIpc) is 3.25. The summed E-state index contributed by atoms with van der Waals surface area (Å²) in [6, 6.07) is 5.83. The minimum atomic E-state index is -4.41. The van der Waals surface area contributed by atoms with Crippen molar-refractivity contribution in [2.45, 2.75) is 63.9 Å². The highest BCUT2D eigenvalue weighted by Gasteiger charge is 2.47. The van der Waals surface area contributed by atoms with Gasteiger partial charge in [0.2, 0.25) is 5.91 Å². The number of halogens is 3. The van der Waals surface area contributed by atoms with Gasteiger partial charge in [0.15, 0.2) is 0 Å². The first-order valence-corrected chi connectivity index (χ1v) is 10.9. The van der Waals surface area contributed by atoms with Crippen molar-refractivity contribution in [2.24, 2.45) is 0 Å². The zero-order valence-corrected chi connectivity index (χ0v) is 18.5. The Bertz CT molecular complexity index is 1020. The predicted molar refractivity (Wildman–Crippen MR) is 113 cm³/mol. The van der Waals surface area contributed by atoms with Crippen molar-refractivity contribution < 1.29 is 27.5 Å². The summed E-state index contributed by atoms with van der Waals surface area (Å²) in [5, 5.41) is 0.947. The van der Waals surface area contributed by atoms with Crippen LogP contribution in [-0.4, -0.2) is 63.8 Å². The third-order valence-corrected chi connectivity index (χ3v) is 6.05. The Morgan fingerprint density at radius 3 is 2.47 bits per heavy atom. The lowest BCUT2D eigenvalue weighted by molar-refractivity contribution is -0.182. The zero-order chi connectivity index (χ0) is 23.3. The molecule has 0 N–H and O–H groups in total. The van der Waals surface area contributed by atoms with Crippen molar-refractivity contribution in [1.29, 1.82) is 0 Å². The molecule has 32 heavy (non-hydrogen) atoms. The fraction of sp³-hybridized carbons (Fsp3) is 0.565. The first-order valence-electron chi connectivity index (χ1n) is 10.9. The van der Waals surface area contributed by atoms with E-state index in [0.717, 1.165) is 21.4 Å². The van der Waals surface area contributed by atoms with Gasteiger partial charge < -0.3 is 19.1 Å². The van der Waals surface area contributed by atoms with E-state index in [4.69, 9.17) is 4.74 Å². The first kappa shape index (κ1) is 22.5. The van der Waals surface area contributed by atoms with E-state index >= 15 is 0 Å². The van der Waals surface area contributed by atoms with Gasteiger partial charge in [-0.15, -0.1) is 0 Å². The van der Waals surface area contributed by atoms with E-state index in [1.807, 2.05) is 51.2 Å². The third-order valence-electron chi connectivity index (χ3n) is 6.05. The second kappa shape index (κ2) is 8.01. The number of likely N-dealkylation sites (tertiary alicyclic amines) is 2. The Hall–Kier alpha value is -2.71. The molecule has 2 saturated heterocycles. The van der Waals surface area contributed by atoms with Gasteiger partial charge in [0.25, 0.3) is 0 Å². The van der Waals surface area contributed by atoms with Gasteiger partial charge in [0.05, 0.1) is 0 Å². The second-order valence-corrected chi connectivity index (χ2v) is 9.60. The summed E-state index contributed by atoms with van der Waals surface area (Å²) in [4.78, 5) is 27.6. The van der Waals surface area contributed by atoms with Crippen LogP contribution in [0.5, 0.6) is 0 Å². The number of hydrogen-bond donors (Lipinski definition) is 0. The van der Waals surface area contributed by atoms with E-state index in [9.17, 15) is 22.8 Å². The van der Waals surface area contributed by atoms with Crippen LogP contribution in [0.1, 0.15) is 45.1 Å². The smallest absolute Gasteiger partial charge is 0.410 e. The first-order chi connectivity index (χ1) is 14.9. The van der Waals surface area contributed by atoms with Crippen molar-refractivity contribution in [3.63, 3.8) is 0 Å². The van der Waals surface area contributed by atoms with Crippen molar-refractivity contribution in [1.82, 2.24) is 14.4 Å². The summed E-state index contributed by atoms with van der Waals surface area (Å²) in [5.41, 5.74) is 1.22. The topological polar surface area (TPSA) is 54.8 Å². The molecular weight excluding hydrogens is 423 g/mol. The van der Waals surface area contributed by atoms with Gasteiger partial charge in [-0.1, -0.05) is 18.2 Å². The number of aromatic nitrogens is 1. The highest BCUT2D eigenvalue weighted by molar-refractivity contribution is 5.87. The number of carbonyl (C=O) groups excluding carboxylic acids is 2. The second-order valence-electron chi connectivity index (χ2n) is 9.60. The lowest BCUT2D eigenvalue weighted by Crippen LogP contribution is -2.50. The Labute approximate surface area is 184 Å². The van der Waals surface area contributed by atoms with E-state index in [1.165, 1.54) is 0 Å². The molecule has 3 heterocycles. The van der Waals surface area contributed by atoms with Crippen molar-refractivity contribution in [3.8, 4) is 0 Å². The summed E-state index contributed by atoms with van der Waals surface area (Å²) in [5.74, 6) is -0.445. The molecule has 2 aromatic rings. The van der Waals surface area contributed by atoms with Gasteiger partial charge in [-0.3, -0.25) is 4.79 Å². The Kier molecular flexibility index (Phi) is 5.63. The van der Waals surface area contributed by atoms with Crippen LogP contribution in [0.4, 0.5) is 18.0 Å². The van der Waals surface area contributed by atoms with Crippen LogP contribution >= 0.6 is 0 Å². The van der Waals surface area contributed by atoms with Crippen molar-refractivity contribution in [3.05, 3.63) is 36.0 Å². The average molecular weight is 451 g/mol. The standard InChI is InChI=1S/C23H28F3N3O3/c1-22(2,3)32-21(31)28-11-15(12-28)17-13-27(18-8-5-4-7-16(17)18)14-20(30)29-10-6-9-19(29)23(24,25)26/h4-5,7-8,13,15,19H,6,9-12,14H2,1-3H3/t19-/m0/s1. The van der Waals surface area contributed by atoms with Crippen molar-refractivity contribution >= 4 is 22.9 Å². The quantitative estimate of drug-likeness (QED) is 0.689. The van der Waals surface area contributed by atoms with Gasteiger partial charge in [-0.2, -0.15) is 13.2 Å². The fourth-order valence-corrected chi connectivity index (χ4v) is 4.52. The number of para-hydroxylation sites is 1. The molecule has 4 rings (SSSR count).